The second-order valence-corrected chi connectivity index (χ2v) is 8.67. The van der Waals surface area contributed by atoms with Gasteiger partial charge in [-0.1, -0.05) is 29.5 Å². The smallest absolute Gasteiger partial charge is 0.323 e. The number of morpholine rings is 1. The van der Waals surface area contributed by atoms with Crippen LogP contribution in [0.3, 0.4) is 0 Å². The molecule has 0 unspecified atom stereocenters. The first kappa shape index (κ1) is 19.8. The fourth-order valence-electron chi connectivity index (χ4n) is 3.21. The van der Waals surface area contributed by atoms with E-state index in [0.717, 1.165) is 49.0 Å². The number of aromatic nitrogens is 2. The molecule has 29 heavy (non-hydrogen) atoms. The van der Waals surface area contributed by atoms with Gasteiger partial charge in [-0.15, -0.1) is 10.2 Å². The quantitative estimate of drug-likeness (QED) is 0.647. The molecular formula is C20H23N5O2S2. The van der Waals surface area contributed by atoms with Gasteiger partial charge >= 0.3 is 6.03 Å². The van der Waals surface area contributed by atoms with Gasteiger partial charge < -0.3 is 14.5 Å². The predicted molar refractivity (Wildman–Crippen MR) is 117 cm³/mol. The predicted octanol–water partition coefficient (Wildman–Crippen LogP) is 3.69. The maximum absolute atomic E-state index is 12.7. The molecule has 3 heterocycles. The summed E-state index contributed by atoms with van der Waals surface area (Å²) in [6.07, 6.45) is 0.736. The van der Waals surface area contributed by atoms with Crippen LogP contribution in [0.1, 0.15) is 16.1 Å². The summed E-state index contributed by atoms with van der Waals surface area (Å²) in [5.41, 5.74) is 3.48. The first-order chi connectivity index (χ1) is 14.2. The molecule has 1 aliphatic rings. The maximum atomic E-state index is 12.7. The summed E-state index contributed by atoms with van der Waals surface area (Å²) in [5, 5.41) is 16.7. The van der Waals surface area contributed by atoms with Crippen molar-refractivity contribution in [2.75, 3.05) is 43.6 Å². The van der Waals surface area contributed by atoms with Crippen molar-refractivity contribution in [3.63, 3.8) is 0 Å². The van der Waals surface area contributed by atoms with E-state index in [1.165, 1.54) is 16.9 Å². The lowest BCUT2D eigenvalue weighted by Gasteiger charge is -2.31. The molecule has 152 valence electrons. The van der Waals surface area contributed by atoms with Crippen LogP contribution in [-0.2, 0) is 17.7 Å². The largest absolute Gasteiger partial charge is 0.378 e. The third-order valence-electron chi connectivity index (χ3n) is 4.71. The van der Waals surface area contributed by atoms with Crippen LogP contribution in [0.25, 0.3) is 0 Å². The van der Waals surface area contributed by atoms with Gasteiger partial charge in [0, 0.05) is 38.8 Å². The highest BCUT2D eigenvalue weighted by atomic mass is 32.1. The molecule has 1 N–H and O–H groups in total. The minimum absolute atomic E-state index is 0.194. The first-order valence-corrected chi connectivity index (χ1v) is 11.2. The lowest BCUT2D eigenvalue weighted by atomic mass is 10.1. The Labute approximate surface area is 177 Å². The number of hydrogen-bond acceptors (Lipinski definition) is 7. The van der Waals surface area contributed by atoms with E-state index in [0.29, 0.717) is 11.7 Å². The van der Waals surface area contributed by atoms with Crippen molar-refractivity contribution in [1.82, 2.24) is 15.1 Å². The van der Waals surface area contributed by atoms with Gasteiger partial charge in [0.05, 0.1) is 13.2 Å². The van der Waals surface area contributed by atoms with Gasteiger partial charge in [0.25, 0.3) is 0 Å². The van der Waals surface area contributed by atoms with E-state index in [-0.39, 0.29) is 6.03 Å². The second kappa shape index (κ2) is 9.34. The highest BCUT2D eigenvalue weighted by Gasteiger charge is 2.18. The summed E-state index contributed by atoms with van der Waals surface area (Å²) in [4.78, 5) is 16.6. The molecule has 0 spiro atoms. The Morgan fingerprint density at radius 3 is 2.86 bits per heavy atom. The molecule has 0 radical (unpaired) electrons. The van der Waals surface area contributed by atoms with E-state index in [2.05, 4.69) is 44.0 Å². The summed E-state index contributed by atoms with van der Waals surface area (Å²) < 4.78 is 5.45. The van der Waals surface area contributed by atoms with Crippen LogP contribution in [0.15, 0.2) is 41.1 Å². The average Bonchev–Trinajstić information content (AvgIpc) is 3.41. The number of hydrogen-bond donors (Lipinski definition) is 1. The molecule has 1 aromatic carbocycles. The van der Waals surface area contributed by atoms with Gasteiger partial charge in [0.15, 0.2) is 0 Å². The third-order valence-corrected chi connectivity index (χ3v) is 6.28. The monoisotopic (exact) mass is 429 g/mol. The summed E-state index contributed by atoms with van der Waals surface area (Å²) >= 11 is 3.07. The Morgan fingerprint density at radius 2 is 2.07 bits per heavy atom. The number of amides is 2. The van der Waals surface area contributed by atoms with Crippen molar-refractivity contribution < 1.29 is 9.53 Å². The molecular weight excluding hydrogens is 406 g/mol. The van der Waals surface area contributed by atoms with Crippen LogP contribution in [-0.4, -0.2) is 54.5 Å². The zero-order chi connectivity index (χ0) is 20.1. The molecule has 2 amide bonds. The van der Waals surface area contributed by atoms with Crippen molar-refractivity contribution in [3.8, 4) is 0 Å². The van der Waals surface area contributed by atoms with Gasteiger partial charge in [0.1, 0.15) is 5.01 Å². The van der Waals surface area contributed by atoms with Gasteiger partial charge in [-0.3, -0.25) is 5.32 Å². The molecule has 1 fully saturated rings. The topological polar surface area (TPSA) is 70.6 Å². The molecule has 2 aromatic heterocycles. The Bertz CT molecular complexity index is 938. The van der Waals surface area contributed by atoms with E-state index in [1.54, 1.807) is 23.3 Å². The highest BCUT2D eigenvalue weighted by molar-refractivity contribution is 7.15. The molecule has 0 aliphatic carbocycles. The lowest BCUT2D eigenvalue weighted by Crippen LogP contribution is -2.37. The van der Waals surface area contributed by atoms with E-state index in [1.807, 2.05) is 17.5 Å². The number of ether oxygens (including phenoxy) is 1. The van der Waals surface area contributed by atoms with E-state index in [9.17, 15) is 4.79 Å². The van der Waals surface area contributed by atoms with Gasteiger partial charge in [-0.05, 0) is 34.0 Å². The SMILES string of the molecule is CN(Cc1ccccc1N1CCOCC1)C(=O)Nc1nnc(Cc2ccsc2)s1. The number of carbonyl (C=O) groups is 1. The van der Waals surface area contributed by atoms with Crippen LogP contribution in [0.5, 0.6) is 0 Å². The zero-order valence-corrected chi connectivity index (χ0v) is 17.8. The Balaban J connectivity index is 1.37. The molecule has 0 saturated carbocycles. The summed E-state index contributed by atoms with van der Waals surface area (Å²) in [5.74, 6) is 0. The normalized spacial score (nSPS) is 14.0. The lowest BCUT2D eigenvalue weighted by molar-refractivity contribution is 0.122. The zero-order valence-electron chi connectivity index (χ0n) is 16.2. The van der Waals surface area contributed by atoms with E-state index >= 15 is 0 Å². The Hall–Kier alpha value is -2.49. The summed E-state index contributed by atoms with van der Waals surface area (Å²) in [6, 6.07) is 10.1. The highest BCUT2D eigenvalue weighted by Crippen LogP contribution is 2.24. The number of nitrogens with zero attached hydrogens (tertiary/aromatic N) is 4. The number of carbonyl (C=O) groups excluding carboxylic acids is 1. The van der Waals surface area contributed by atoms with Gasteiger partial charge in [-0.25, -0.2) is 4.79 Å². The van der Waals surface area contributed by atoms with Crippen molar-refractivity contribution in [2.45, 2.75) is 13.0 Å². The number of nitrogens with one attached hydrogen (secondary N) is 1. The molecule has 1 aliphatic heterocycles. The molecule has 1 saturated heterocycles. The number of anilines is 2. The minimum atomic E-state index is -0.194. The summed E-state index contributed by atoms with van der Waals surface area (Å²) in [6.45, 7) is 3.71. The first-order valence-electron chi connectivity index (χ1n) is 9.45. The number of urea groups is 1. The third kappa shape index (κ3) is 5.11. The van der Waals surface area contributed by atoms with E-state index < -0.39 is 0 Å². The maximum Gasteiger partial charge on any atom is 0.323 e. The molecule has 3 aromatic rings. The number of benzene rings is 1. The Kier molecular flexibility index (Phi) is 6.38. The minimum Gasteiger partial charge on any atom is -0.378 e. The van der Waals surface area contributed by atoms with Crippen LogP contribution in [0, 0.1) is 0 Å². The molecule has 0 bridgehead atoms. The fraction of sp³-hybridized carbons (Fsp3) is 0.350. The van der Waals surface area contributed by atoms with Crippen molar-refractivity contribution in [1.29, 1.82) is 0 Å². The van der Waals surface area contributed by atoms with Crippen molar-refractivity contribution in [3.05, 3.63) is 57.2 Å². The summed E-state index contributed by atoms with van der Waals surface area (Å²) in [7, 11) is 1.79. The van der Waals surface area contributed by atoms with Crippen molar-refractivity contribution >= 4 is 39.5 Å². The fourth-order valence-corrected chi connectivity index (χ4v) is 4.65. The van der Waals surface area contributed by atoms with Gasteiger partial charge in [-0.2, -0.15) is 11.3 Å². The van der Waals surface area contributed by atoms with Crippen molar-refractivity contribution in [2.24, 2.45) is 0 Å². The van der Waals surface area contributed by atoms with Crippen LogP contribution < -0.4 is 10.2 Å². The average molecular weight is 430 g/mol. The number of rotatable bonds is 6. The van der Waals surface area contributed by atoms with Crippen LogP contribution in [0.2, 0.25) is 0 Å². The molecule has 0 atom stereocenters. The number of thiophene rings is 1. The van der Waals surface area contributed by atoms with Crippen LogP contribution >= 0.6 is 22.7 Å². The number of para-hydroxylation sites is 1. The van der Waals surface area contributed by atoms with Gasteiger partial charge in [0.2, 0.25) is 5.13 Å². The van der Waals surface area contributed by atoms with E-state index in [4.69, 9.17) is 4.74 Å². The second-order valence-electron chi connectivity index (χ2n) is 6.82. The molecule has 4 rings (SSSR count). The standard InChI is InChI=1S/C20H23N5O2S2/c1-24(13-16-4-2-3-5-17(16)25-7-9-27-10-8-25)20(26)21-19-23-22-18(29-19)12-15-6-11-28-14-15/h2-6,11,14H,7-10,12-13H2,1H3,(H,21,23,26). The molecule has 9 heteroatoms. The molecule has 7 nitrogen and oxygen atoms in total. The van der Waals surface area contributed by atoms with Crippen LogP contribution in [0.4, 0.5) is 15.6 Å². The Morgan fingerprint density at radius 1 is 1.24 bits per heavy atom.